The van der Waals surface area contributed by atoms with E-state index in [0.717, 1.165) is 5.56 Å². The van der Waals surface area contributed by atoms with Crippen molar-refractivity contribution in [2.45, 2.75) is 6.92 Å². The third-order valence-corrected chi connectivity index (χ3v) is 2.65. The van der Waals surface area contributed by atoms with Gasteiger partial charge in [-0.3, -0.25) is 15.5 Å². The number of benzene rings is 1. The number of ether oxygens (including phenoxy) is 1. The number of hydrogen-bond donors (Lipinski definition) is 2. The molecule has 0 amide bonds. The van der Waals surface area contributed by atoms with E-state index in [-0.39, 0.29) is 17.4 Å². The van der Waals surface area contributed by atoms with Crippen molar-refractivity contribution in [1.29, 1.82) is 5.41 Å². The Bertz CT molecular complexity index is 685. The van der Waals surface area contributed by atoms with Crippen molar-refractivity contribution in [3.63, 3.8) is 0 Å². The first-order valence-electron chi connectivity index (χ1n) is 5.71. The number of amidine groups is 1. The molecule has 20 heavy (non-hydrogen) atoms. The van der Waals surface area contributed by atoms with E-state index in [9.17, 15) is 10.1 Å². The summed E-state index contributed by atoms with van der Waals surface area (Å²) in [5.41, 5.74) is 6.41. The molecular weight excluding hydrogens is 260 g/mol. The summed E-state index contributed by atoms with van der Waals surface area (Å²) in [6.07, 6.45) is 1.49. The largest absolute Gasteiger partial charge is 0.438 e. The molecule has 0 saturated heterocycles. The highest BCUT2D eigenvalue weighted by atomic mass is 16.6. The van der Waals surface area contributed by atoms with E-state index in [4.69, 9.17) is 15.9 Å². The number of nitrogens with two attached hydrogens (primary N) is 1. The van der Waals surface area contributed by atoms with Crippen molar-refractivity contribution in [1.82, 2.24) is 4.98 Å². The molecule has 2 aromatic rings. The summed E-state index contributed by atoms with van der Waals surface area (Å²) < 4.78 is 5.56. The van der Waals surface area contributed by atoms with Gasteiger partial charge < -0.3 is 10.5 Å². The minimum absolute atomic E-state index is 0.0779. The first kappa shape index (κ1) is 13.5. The predicted molar refractivity (Wildman–Crippen MR) is 73.2 cm³/mol. The van der Waals surface area contributed by atoms with Crippen LogP contribution in [0, 0.1) is 22.4 Å². The van der Waals surface area contributed by atoms with Crippen LogP contribution in [-0.2, 0) is 0 Å². The Morgan fingerprint density at radius 3 is 2.85 bits per heavy atom. The van der Waals surface area contributed by atoms with Crippen molar-refractivity contribution < 1.29 is 9.66 Å². The van der Waals surface area contributed by atoms with Gasteiger partial charge in [0.15, 0.2) is 0 Å². The number of aryl methyl sites for hydroxylation is 1. The predicted octanol–water partition coefficient (Wildman–Crippen LogP) is 2.37. The van der Waals surface area contributed by atoms with Crippen LogP contribution >= 0.6 is 0 Å². The average molecular weight is 272 g/mol. The average Bonchev–Trinajstić information content (AvgIpc) is 2.41. The van der Waals surface area contributed by atoms with Gasteiger partial charge >= 0.3 is 0 Å². The lowest BCUT2D eigenvalue weighted by Gasteiger charge is -2.10. The molecule has 0 unspecified atom stereocenters. The number of nitrogens with one attached hydrogen (secondary N) is 1. The van der Waals surface area contributed by atoms with Crippen molar-refractivity contribution in [2.75, 3.05) is 0 Å². The molecule has 0 bridgehead atoms. The summed E-state index contributed by atoms with van der Waals surface area (Å²) in [4.78, 5) is 14.3. The van der Waals surface area contributed by atoms with Crippen LogP contribution < -0.4 is 10.5 Å². The number of nitrogens with zero attached hydrogens (tertiary/aromatic N) is 2. The van der Waals surface area contributed by atoms with Crippen molar-refractivity contribution in [3.05, 3.63) is 57.8 Å². The molecule has 0 radical (unpaired) electrons. The van der Waals surface area contributed by atoms with Crippen molar-refractivity contribution in [2.24, 2.45) is 5.73 Å². The van der Waals surface area contributed by atoms with E-state index in [1.54, 1.807) is 25.1 Å². The van der Waals surface area contributed by atoms with Crippen LogP contribution in [0.2, 0.25) is 0 Å². The van der Waals surface area contributed by atoms with Crippen LogP contribution in [0.5, 0.6) is 11.6 Å². The van der Waals surface area contributed by atoms with Gasteiger partial charge in [0.2, 0.25) is 5.88 Å². The number of nitrogen functional groups attached to an aromatic ring is 1. The minimum atomic E-state index is -0.503. The highest BCUT2D eigenvalue weighted by molar-refractivity contribution is 5.97. The topological polar surface area (TPSA) is 115 Å². The summed E-state index contributed by atoms with van der Waals surface area (Å²) in [5.74, 6) is 0.264. The molecule has 7 nitrogen and oxygen atoms in total. The Kier molecular flexibility index (Phi) is 3.60. The molecule has 0 fully saturated rings. The van der Waals surface area contributed by atoms with E-state index >= 15 is 0 Å². The van der Waals surface area contributed by atoms with Gasteiger partial charge in [0.1, 0.15) is 11.6 Å². The highest BCUT2D eigenvalue weighted by Crippen LogP contribution is 2.29. The monoisotopic (exact) mass is 272 g/mol. The maximum absolute atomic E-state index is 10.8. The smallest absolute Gasteiger partial charge is 0.273 e. The third-order valence-electron chi connectivity index (χ3n) is 2.65. The Morgan fingerprint density at radius 1 is 1.45 bits per heavy atom. The van der Waals surface area contributed by atoms with Crippen LogP contribution in [0.15, 0.2) is 36.5 Å². The lowest BCUT2D eigenvalue weighted by molar-refractivity contribution is -0.384. The molecule has 7 heteroatoms. The molecule has 1 aromatic carbocycles. The molecular formula is C13H12N4O3. The lowest BCUT2D eigenvalue weighted by Crippen LogP contribution is -2.13. The van der Waals surface area contributed by atoms with Crippen LogP contribution in [0.4, 0.5) is 5.69 Å². The van der Waals surface area contributed by atoms with Crippen LogP contribution in [0.3, 0.4) is 0 Å². The molecule has 3 N–H and O–H groups in total. The zero-order chi connectivity index (χ0) is 14.7. The van der Waals surface area contributed by atoms with Crippen LogP contribution in [-0.4, -0.2) is 15.7 Å². The number of nitro benzene ring substituents is 1. The second kappa shape index (κ2) is 5.35. The fourth-order valence-corrected chi connectivity index (χ4v) is 1.59. The van der Waals surface area contributed by atoms with Gasteiger partial charge in [-0.15, -0.1) is 0 Å². The molecule has 0 spiro atoms. The molecule has 0 aliphatic carbocycles. The highest BCUT2D eigenvalue weighted by Gasteiger charge is 2.13. The standard InChI is InChI=1S/C13H12N4O3/c1-8-4-5-9(17(18)19)7-11(8)20-13-10(12(14)15)3-2-6-16-13/h2-7H,1H3,(H3,14,15). The van der Waals surface area contributed by atoms with E-state index < -0.39 is 4.92 Å². The Balaban J connectivity index is 2.42. The lowest BCUT2D eigenvalue weighted by atomic mass is 10.2. The fourth-order valence-electron chi connectivity index (χ4n) is 1.59. The van der Waals surface area contributed by atoms with E-state index in [2.05, 4.69) is 4.98 Å². The molecule has 0 saturated carbocycles. The summed E-state index contributed by atoms with van der Waals surface area (Å²) in [6, 6.07) is 7.52. The Labute approximate surface area is 114 Å². The van der Waals surface area contributed by atoms with Gasteiger partial charge in [-0.25, -0.2) is 4.98 Å². The molecule has 2 rings (SSSR count). The Hall–Kier alpha value is -2.96. The number of nitro groups is 1. The molecule has 0 aliphatic heterocycles. The Morgan fingerprint density at radius 2 is 2.20 bits per heavy atom. The summed E-state index contributed by atoms with van der Waals surface area (Å²) >= 11 is 0. The fraction of sp³-hybridized carbons (Fsp3) is 0.0769. The van der Waals surface area contributed by atoms with Gasteiger partial charge in [-0.05, 0) is 30.7 Å². The van der Waals surface area contributed by atoms with Gasteiger partial charge in [-0.1, -0.05) is 0 Å². The van der Waals surface area contributed by atoms with Crippen molar-refractivity contribution >= 4 is 11.5 Å². The number of aromatic nitrogens is 1. The van der Waals surface area contributed by atoms with Crippen molar-refractivity contribution in [3.8, 4) is 11.6 Å². The van der Waals surface area contributed by atoms with Crippen LogP contribution in [0.1, 0.15) is 11.1 Å². The number of non-ortho nitro benzene ring substituents is 1. The molecule has 0 atom stereocenters. The van der Waals surface area contributed by atoms with E-state index in [1.807, 2.05) is 0 Å². The first-order valence-corrected chi connectivity index (χ1v) is 5.71. The number of pyridine rings is 1. The SMILES string of the molecule is Cc1ccc([N+](=O)[O-])cc1Oc1ncccc1C(=N)N. The molecule has 102 valence electrons. The van der Waals surface area contributed by atoms with E-state index in [1.165, 1.54) is 18.3 Å². The second-order valence-corrected chi connectivity index (χ2v) is 4.08. The number of hydrogen-bond acceptors (Lipinski definition) is 5. The summed E-state index contributed by atoms with van der Waals surface area (Å²) in [7, 11) is 0. The first-order chi connectivity index (χ1) is 9.49. The number of rotatable bonds is 4. The molecule has 1 heterocycles. The van der Waals surface area contributed by atoms with Gasteiger partial charge in [-0.2, -0.15) is 0 Å². The van der Waals surface area contributed by atoms with Gasteiger partial charge in [0.25, 0.3) is 5.69 Å². The van der Waals surface area contributed by atoms with E-state index in [0.29, 0.717) is 11.3 Å². The summed E-state index contributed by atoms with van der Waals surface area (Å²) in [6.45, 7) is 1.76. The summed E-state index contributed by atoms with van der Waals surface area (Å²) in [5, 5.41) is 18.2. The van der Waals surface area contributed by atoms with Crippen LogP contribution in [0.25, 0.3) is 0 Å². The maximum Gasteiger partial charge on any atom is 0.273 e. The second-order valence-electron chi connectivity index (χ2n) is 4.08. The zero-order valence-electron chi connectivity index (χ0n) is 10.7. The third kappa shape index (κ3) is 2.72. The van der Waals surface area contributed by atoms with Gasteiger partial charge in [0, 0.05) is 12.3 Å². The minimum Gasteiger partial charge on any atom is -0.438 e. The molecule has 0 aliphatic rings. The molecule has 1 aromatic heterocycles. The maximum atomic E-state index is 10.8. The van der Waals surface area contributed by atoms with Gasteiger partial charge in [0.05, 0.1) is 16.6 Å². The quantitative estimate of drug-likeness (QED) is 0.383. The normalized spacial score (nSPS) is 10.1. The zero-order valence-corrected chi connectivity index (χ0v) is 10.7.